The summed E-state index contributed by atoms with van der Waals surface area (Å²) in [6.45, 7) is 2.52. The van der Waals surface area contributed by atoms with Crippen LogP contribution in [-0.4, -0.2) is 31.9 Å². The van der Waals surface area contributed by atoms with E-state index in [9.17, 15) is 9.90 Å². The standard InChI is InChI=1S/C19H22O5/c1-4-24-15-8-5-13(6-9-15)11-16(19(20)21)14-7-10-17(22-2)18(12-14)23-3/h5-10,12,16H,4,11H2,1-3H3,(H,20,21). The van der Waals surface area contributed by atoms with E-state index in [4.69, 9.17) is 14.2 Å². The Morgan fingerprint density at radius 1 is 1.04 bits per heavy atom. The molecule has 1 N–H and O–H groups in total. The van der Waals surface area contributed by atoms with E-state index < -0.39 is 11.9 Å². The molecule has 0 saturated heterocycles. The zero-order valence-corrected chi connectivity index (χ0v) is 14.1. The number of methoxy groups -OCH3 is 2. The highest BCUT2D eigenvalue weighted by Crippen LogP contribution is 2.32. The molecule has 5 heteroatoms. The van der Waals surface area contributed by atoms with Crippen molar-refractivity contribution in [2.24, 2.45) is 0 Å². The Labute approximate surface area is 141 Å². The molecule has 0 radical (unpaired) electrons. The van der Waals surface area contributed by atoms with Crippen molar-refractivity contribution in [2.45, 2.75) is 19.3 Å². The van der Waals surface area contributed by atoms with Crippen molar-refractivity contribution in [3.63, 3.8) is 0 Å². The van der Waals surface area contributed by atoms with Crippen molar-refractivity contribution in [2.75, 3.05) is 20.8 Å². The first kappa shape index (κ1) is 17.7. The Bertz CT molecular complexity index is 679. The minimum absolute atomic E-state index is 0.386. The molecule has 0 aromatic heterocycles. The van der Waals surface area contributed by atoms with Gasteiger partial charge in [0.05, 0.1) is 26.7 Å². The smallest absolute Gasteiger partial charge is 0.311 e. The van der Waals surface area contributed by atoms with Gasteiger partial charge in [0.25, 0.3) is 0 Å². The third-order valence-corrected chi connectivity index (χ3v) is 3.78. The summed E-state index contributed by atoms with van der Waals surface area (Å²) in [6, 6.07) is 12.7. The summed E-state index contributed by atoms with van der Waals surface area (Å²) in [7, 11) is 3.08. The molecule has 0 fully saturated rings. The highest BCUT2D eigenvalue weighted by atomic mass is 16.5. The third-order valence-electron chi connectivity index (χ3n) is 3.78. The third kappa shape index (κ3) is 4.19. The molecule has 128 valence electrons. The lowest BCUT2D eigenvalue weighted by molar-refractivity contribution is -0.138. The molecule has 2 rings (SSSR count). The number of aliphatic carboxylic acids is 1. The van der Waals surface area contributed by atoms with E-state index >= 15 is 0 Å². The molecule has 0 saturated carbocycles. The highest BCUT2D eigenvalue weighted by Gasteiger charge is 2.22. The van der Waals surface area contributed by atoms with Crippen LogP contribution in [0.1, 0.15) is 24.0 Å². The molecule has 0 aliphatic carbocycles. The molecular formula is C19H22O5. The lowest BCUT2D eigenvalue weighted by Crippen LogP contribution is -2.14. The van der Waals surface area contributed by atoms with Gasteiger partial charge in [0, 0.05) is 0 Å². The van der Waals surface area contributed by atoms with Gasteiger partial charge in [-0.1, -0.05) is 18.2 Å². The first-order chi connectivity index (χ1) is 11.6. The number of benzene rings is 2. The number of hydrogen-bond acceptors (Lipinski definition) is 4. The maximum absolute atomic E-state index is 11.7. The lowest BCUT2D eigenvalue weighted by atomic mass is 9.92. The van der Waals surface area contributed by atoms with E-state index in [0.29, 0.717) is 30.1 Å². The molecule has 0 aliphatic rings. The van der Waals surface area contributed by atoms with E-state index in [1.165, 1.54) is 7.11 Å². The van der Waals surface area contributed by atoms with Crippen LogP contribution in [0.15, 0.2) is 42.5 Å². The fourth-order valence-electron chi connectivity index (χ4n) is 2.54. The molecule has 2 aromatic carbocycles. The van der Waals surface area contributed by atoms with E-state index in [1.54, 1.807) is 25.3 Å². The second-order valence-corrected chi connectivity index (χ2v) is 5.29. The van der Waals surface area contributed by atoms with E-state index in [2.05, 4.69) is 0 Å². The van der Waals surface area contributed by atoms with Gasteiger partial charge in [-0.15, -0.1) is 0 Å². The second-order valence-electron chi connectivity index (χ2n) is 5.29. The fraction of sp³-hybridized carbons (Fsp3) is 0.316. The van der Waals surface area contributed by atoms with Crippen LogP contribution >= 0.6 is 0 Å². The predicted molar refractivity (Wildman–Crippen MR) is 91.2 cm³/mol. The van der Waals surface area contributed by atoms with Crippen molar-refractivity contribution in [1.82, 2.24) is 0 Å². The van der Waals surface area contributed by atoms with Crippen LogP contribution in [0, 0.1) is 0 Å². The van der Waals surface area contributed by atoms with E-state index in [-0.39, 0.29) is 0 Å². The van der Waals surface area contributed by atoms with E-state index in [1.807, 2.05) is 31.2 Å². The molecule has 0 spiro atoms. The van der Waals surface area contributed by atoms with Crippen LogP contribution in [0.3, 0.4) is 0 Å². The minimum atomic E-state index is -0.879. The summed E-state index contributed by atoms with van der Waals surface area (Å²) in [5.41, 5.74) is 1.61. The number of ether oxygens (including phenoxy) is 3. The van der Waals surface area contributed by atoms with Gasteiger partial charge in [-0.2, -0.15) is 0 Å². The van der Waals surface area contributed by atoms with Gasteiger partial charge in [0.1, 0.15) is 5.75 Å². The first-order valence-corrected chi connectivity index (χ1v) is 7.75. The number of carbonyl (C=O) groups is 1. The fourth-order valence-corrected chi connectivity index (χ4v) is 2.54. The maximum atomic E-state index is 11.7. The van der Waals surface area contributed by atoms with Gasteiger partial charge in [0.15, 0.2) is 11.5 Å². The summed E-state index contributed by atoms with van der Waals surface area (Å²) in [4.78, 5) is 11.7. The molecule has 0 bridgehead atoms. The van der Waals surface area contributed by atoms with Crippen LogP contribution in [-0.2, 0) is 11.2 Å². The summed E-state index contributed by atoms with van der Waals surface area (Å²) in [5, 5.41) is 9.62. The number of carboxylic acid groups (broad SMARTS) is 1. The zero-order valence-electron chi connectivity index (χ0n) is 14.1. The molecule has 0 aliphatic heterocycles. The van der Waals surface area contributed by atoms with Crippen molar-refractivity contribution in [3.8, 4) is 17.2 Å². The van der Waals surface area contributed by atoms with Gasteiger partial charge in [0.2, 0.25) is 0 Å². The lowest BCUT2D eigenvalue weighted by Gasteiger charge is -2.16. The Balaban J connectivity index is 2.24. The summed E-state index contributed by atoms with van der Waals surface area (Å²) in [5.74, 6) is 0.331. The van der Waals surface area contributed by atoms with Crippen molar-refractivity contribution >= 4 is 5.97 Å². The highest BCUT2D eigenvalue weighted by molar-refractivity contribution is 5.77. The van der Waals surface area contributed by atoms with Crippen molar-refractivity contribution in [1.29, 1.82) is 0 Å². The molecule has 24 heavy (non-hydrogen) atoms. The Morgan fingerprint density at radius 3 is 2.25 bits per heavy atom. The molecule has 2 aromatic rings. The van der Waals surface area contributed by atoms with Crippen LogP contribution in [0.5, 0.6) is 17.2 Å². The normalized spacial score (nSPS) is 11.6. The van der Waals surface area contributed by atoms with Crippen LogP contribution < -0.4 is 14.2 Å². The molecule has 0 heterocycles. The minimum Gasteiger partial charge on any atom is -0.494 e. The number of carboxylic acids is 1. The van der Waals surface area contributed by atoms with Crippen LogP contribution in [0.4, 0.5) is 0 Å². The van der Waals surface area contributed by atoms with Crippen molar-refractivity contribution in [3.05, 3.63) is 53.6 Å². The zero-order chi connectivity index (χ0) is 17.5. The molecule has 5 nitrogen and oxygen atoms in total. The average Bonchev–Trinajstić information content (AvgIpc) is 2.60. The first-order valence-electron chi connectivity index (χ1n) is 7.75. The largest absolute Gasteiger partial charge is 0.494 e. The second kappa shape index (κ2) is 8.24. The molecule has 0 amide bonds. The number of rotatable bonds is 8. The monoisotopic (exact) mass is 330 g/mol. The van der Waals surface area contributed by atoms with Crippen LogP contribution in [0.25, 0.3) is 0 Å². The number of hydrogen-bond donors (Lipinski definition) is 1. The van der Waals surface area contributed by atoms with Gasteiger partial charge < -0.3 is 19.3 Å². The maximum Gasteiger partial charge on any atom is 0.311 e. The van der Waals surface area contributed by atoms with Gasteiger partial charge >= 0.3 is 5.97 Å². The molecule has 1 unspecified atom stereocenters. The predicted octanol–water partition coefficient (Wildman–Crippen LogP) is 3.51. The topological polar surface area (TPSA) is 65.0 Å². The van der Waals surface area contributed by atoms with Gasteiger partial charge in [-0.05, 0) is 48.7 Å². The summed E-state index contributed by atoms with van der Waals surface area (Å²) in [6.07, 6.45) is 0.386. The Hall–Kier alpha value is -2.69. The summed E-state index contributed by atoms with van der Waals surface area (Å²) < 4.78 is 15.9. The average molecular weight is 330 g/mol. The Kier molecular flexibility index (Phi) is 6.07. The van der Waals surface area contributed by atoms with Gasteiger partial charge in [-0.3, -0.25) is 4.79 Å². The molecular weight excluding hydrogens is 308 g/mol. The van der Waals surface area contributed by atoms with Crippen LogP contribution in [0.2, 0.25) is 0 Å². The van der Waals surface area contributed by atoms with Gasteiger partial charge in [-0.25, -0.2) is 0 Å². The Morgan fingerprint density at radius 2 is 1.71 bits per heavy atom. The van der Waals surface area contributed by atoms with E-state index in [0.717, 1.165) is 11.3 Å². The molecule has 1 atom stereocenters. The van der Waals surface area contributed by atoms with Crippen molar-refractivity contribution < 1.29 is 24.1 Å². The summed E-state index contributed by atoms with van der Waals surface area (Å²) >= 11 is 0. The SMILES string of the molecule is CCOc1ccc(CC(C(=O)O)c2ccc(OC)c(OC)c2)cc1. The quantitative estimate of drug-likeness (QED) is 0.802.